The predicted molar refractivity (Wildman–Crippen MR) is 75.2 cm³/mol. The van der Waals surface area contributed by atoms with E-state index in [1.54, 1.807) is 17.4 Å². The fraction of sp³-hybridized carbons (Fsp3) is 0.286. The minimum atomic E-state index is -0.360. The van der Waals surface area contributed by atoms with Crippen LogP contribution in [0.3, 0.4) is 0 Å². The van der Waals surface area contributed by atoms with Crippen LogP contribution in [-0.2, 0) is 17.8 Å². The molecule has 0 radical (unpaired) electrons. The molecule has 0 aliphatic rings. The highest BCUT2D eigenvalue weighted by atomic mass is 32.1. The van der Waals surface area contributed by atoms with Crippen molar-refractivity contribution in [3.8, 4) is 0 Å². The highest BCUT2D eigenvalue weighted by molar-refractivity contribution is 7.11. The summed E-state index contributed by atoms with van der Waals surface area (Å²) in [5, 5.41) is 3.33. The van der Waals surface area contributed by atoms with Crippen LogP contribution >= 0.6 is 11.3 Å². The summed E-state index contributed by atoms with van der Waals surface area (Å²) in [5.74, 6) is -0.360. The Morgan fingerprint density at radius 1 is 1.32 bits per heavy atom. The first-order valence-electron chi connectivity index (χ1n) is 5.98. The zero-order valence-electron chi connectivity index (χ0n) is 11.0. The molecule has 2 aromatic rings. The Labute approximate surface area is 116 Å². The summed E-state index contributed by atoms with van der Waals surface area (Å²) < 4.78 is 4.62. The van der Waals surface area contributed by atoms with E-state index in [1.807, 2.05) is 6.07 Å². The molecule has 4 nitrogen and oxygen atoms in total. The molecule has 2 aromatic heterocycles. The number of aryl methyl sites for hydroxylation is 1. The Kier molecular flexibility index (Phi) is 4.65. The highest BCUT2D eigenvalue weighted by Crippen LogP contribution is 2.14. The number of thiophene rings is 1. The normalized spacial score (nSPS) is 10.4. The molecule has 0 atom stereocenters. The molecule has 100 valence electrons. The average Bonchev–Trinajstić information content (AvgIpc) is 2.84. The van der Waals surface area contributed by atoms with Crippen LogP contribution in [0.4, 0.5) is 0 Å². The summed E-state index contributed by atoms with van der Waals surface area (Å²) >= 11 is 1.79. The number of carbonyl (C=O) groups is 1. The van der Waals surface area contributed by atoms with Gasteiger partial charge in [0.25, 0.3) is 0 Å². The molecule has 0 amide bonds. The number of nitrogens with one attached hydrogen (secondary N) is 1. The molecular formula is C14H16N2O2S. The van der Waals surface area contributed by atoms with Crippen LogP contribution in [0.5, 0.6) is 0 Å². The van der Waals surface area contributed by atoms with E-state index in [9.17, 15) is 4.79 Å². The van der Waals surface area contributed by atoms with Gasteiger partial charge in [-0.25, -0.2) is 4.79 Å². The van der Waals surface area contributed by atoms with Crippen LogP contribution in [0.2, 0.25) is 0 Å². The maximum absolute atomic E-state index is 11.2. The van der Waals surface area contributed by atoms with E-state index < -0.39 is 0 Å². The Balaban J connectivity index is 1.84. The number of carbonyl (C=O) groups excluding carboxylic acids is 1. The van der Waals surface area contributed by atoms with Crippen LogP contribution in [0.25, 0.3) is 0 Å². The summed E-state index contributed by atoms with van der Waals surface area (Å²) in [6, 6.07) is 7.80. The van der Waals surface area contributed by atoms with Gasteiger partial charge in [-0.3, -0.25) is 4.98 Å². The van der Waals surface area contributed by atoms with Gasteiger partial charge >= 0.3 is 5.97 Å². The van der Waals surface area contributed by atoms with Crippen molar-refractivity contribution in [1.82, 2.24) is 10.3 Å². The van der Waals surface area contributed by atoms with Gasteiger partial charge in [0.1, 0.15) is 0 Å². The third kappa shape index (κ3) is 3.87. The van der Waals surface area contributed by atoms with Crippen LogP contribution in [0, 0.1) is 6.92 Å². The smallest absolute Gasteiger partial charge is 0.339 e. The molecule has 0 aliphatic carbocycles. The fourth-order valence-corrected chi connectivity index (χ4v) is 2.52. The molecule has 0 spiro atoms. The molecule has 19 heavy (non-hydrogen) atoms. The van der Waals surface area contributed by atoms with Crippen molar-refractivity contribution >= 4 is 17.3 Å². The number of hydrogen-bond donors (Lipinski definition) is 1. The molecule has 0 bridgehead atoms. The lowest BCUT2D eigenvalue weighted by molar-refractivity contribution is 0.0600. The number of esters is 1. The molecule has 2 rings (SSSR count). The van der Waals surface area contributed by atoms with Gasteiger partial charge in [-0.15, -0.1) is 11.3 Å². The predicted octanol–water partition coefficient (Wildman–Crippen LogP) is 2.53. The van der Waals surface area contributed by atoms with Crippen LogP contribution in [0.1, 0.15) is 25.8 Å². The minimum Gasteiger partial charge on any atom is -0.465 e. The van der Waals surface area contributed by atoms with Crippen molar-refractivity contribution in [2.24, 2.45) is 0 Å². The van der Waals surface area contributed by atoms with E-state index in [4.69, 9.17) is 0 Å². The Morgan fingerprint density at radius 2 is 2.16 bits per heavy atom. The molecule has 5 heteroatoms. The Bertz CT molecular complexity index is 549. The molecule has 0 aliphatic heterocycles. The van der Waals surface area contributed by atoms with Crippen molar-refractivity contribution in [3.63, 3.8) is 0 Å². The van der Waals surface area contributed by atoms with Crippen molar-refractivity contribution in [1.29, 1.82) is 0 Å². The number of pyridine rings is 1. The SMILES string of the molecule is COC(=O)c1ccc(CNCc2ccc(C)s2)nc1. The van der Waals surface area contributed by atoms with Gasteiger partial charge in [0.2, 0.25) is 0 Å². The summed E-state index contributed by atoms with van der Waals surface area (Å²) in [6.45, 7) is 3.61. The standard InChI is InChI=1S/C14H16N2O2S/c1-10-3-6-13(19-10)9-15-8-12-5-4-11(7-16-12)14(17)18-2/h3-7,15H,8-9H2,1-2H3. The van der Waals surface area contributed by atoms with E-state index in [0.29, 0.717) is 12.1 Å². The van der Waals surface area contributed by atoms with Gasteiger partial charge in [-0.1, -0.05) is 0 Å². The lowest BCUT2D eigenvalue weighted by Gasteiger charge is -2.04. The largest absolute Gasteiger partial charge is 0.465 e. The third-order valence-electron chi connectivity index (χ3n) is 2.65. The number of methoxy groups -OCH3 is 1. The molecule has 2 heterocycles. The summed E-state index contributed by atoms with van der Waals surface area (Å²) in [6.07, 6.45) is 1.54. The lowest BCUT2D eigenvalue weighted by Crippen LogP contribution is -2.13. The van der Waals surface area contributed by atoms with Crippen molar-refractivity contribution < 1.29 is 9.53 Å². The van der Waals surface area contributed by atoms with Gasteiger partial charge in [-0.05, 0) is 31.2 Å². The van der Waals surface area contributed by atoms with Crippen molar-refractivity contribution in [2.75, 3.05) is 7.11 Å². The second kappa shape index (κ2) is 6.45. The number of ether oxygens (including phenoxy) is 1. The Morgan fingerprint density at radius 3 is 2.74 bits per heavy atom. The first-order valence-corrected chi connectivity index (χ1v) is 6.80. The van der Waals surface area contributed by atoms with Gasteiger partial charge in [0.15, 0.2) is 0 Å². The van der Waals surface area contributed by atoms with Crippen LogP contribution < -0.4 is 5.32 Å². The third-order valence-corrected chi connectivity index (χ3v) is 3.65. The van der Waals surface area contributed by atoms with E-state index in [2.05, 4.69) is 34.1 Å². The topological polar surface area (TPSA) is 51.2 Å². The van der Waals surface area contributed by atoms with Crippen molar-refractivity contribution in [2.45, 2.75) is 20.0 Å². The number of hydrogen-bond acceptors (Lipinski definition) is 5. The molecule has 0 aromatic carbocycles. The zero-order chi connectivity index (χ0) is 13.7. The second-order valence-electron chi connectivity index (χ2n) is 4.15. The summed E-state index contributed by atoms with van der Waals surface area (Å²) in [4.78, 5) is 18.1. The average molecular weight is 276 g/mol. The zero-order valence-corrected chi connectivity index (χ0v) is 11.8. The quantitative estimate of drug-likeness (QED) is 0.853. The summed E-state index contributed by atoms with van der Waals surface area (Å²) in [7, 11) is 1.36. The van der Waals surface area contributed by atoms with E-state index in [-0.39, 0.29) is 5.97 Å². The molecular weight excluding hydrogens is 260 g/mol. The first-order chi connectivity index (χ1) is 9.19. The van der Waals surface area contributed by atoms with E-state index in [1.165, 1.54) is 23.1 Å². The van der Waals surface area contributed by atoms with Crippen molar-refractivity contribution in [3.05, 3.63) is 51.5 Å². The maximum atomic E-state index is 11.2. The molecule has 1 N–H and O–H groups in total. The van der Waals surface area contributed by atoms with Crippen LogP contribution in [0.15, 0.2) is 30.5 Å². The highest BCUT2D eigenvalue weighted by Gasteiger charge is 2.05. The van der Waals surface area contributed by atoms with E-state index >= 15 is 0 Å². The number of aromatic nitrogens is 1. The van der Waals surface area contributed by atoms with Gasteiger partial charge < -0.3 is 10.1 Å². The van der Waals surface area contributed by atoms with Gasteiger partial charge in [-0.2, -0.15) is 0 Å². The van der Waals surface area contributed by atoms with Gasteiger partial charge in [0, 0.05) is 29.0 Å². The number of nitrogens with zero attached hydrogens (tertiary/aromatic N) is 1. The minimum absolute atomic E-state index is 0.360. The monoisotopic (exact) mass is 276 g/mol. The summed E-state index contributed by atoms with van der Waals surface area (Å²) in [5.41, 5.74) is 1.38. The fourth-order valence-electron chi connectivity index (χ4n) is 1.66. The Hall–Kier alpha value is -1.72. The molecule has 0 unspecified atom stereocenters. The van der Waals surface area contributed by atoms with Gasteiger partial charge in [0.05, 0.1) is 18.4 Å². The maximum Gasteiger partial charge on any atom is 0.339 e. The lowest BCUT2D eigenvalue weighted by atomic mass is 10.2. The second-order valence-corrected chi connectivity index (χ2v) is 5.52. The molecule has 0 saturated carbocycles. The van der Waals surface area contributed by atoms with E-state index in [0.717, 1.165) is 12.2 Å². The molecule has 0 fully saturated rings. The first kappa shape index (κ1) is 13.7. The molecule has 0 saturated heterocycles. The number of rotatable bonds is 5. The van der Waals surface area contributed by atoms with Crippen LogP contribution in [-0.4, -0.2) is 18.1 Å².